The fraction of sp³-hybridized carbons (Fsp3) is 0.250. The zero-order valence-electron chi connectivity index (χ0n) is 28.8. The lowest BCUT2D eigenvalue weighted by molar-refractivity contribution is -0.384. The summed E-state index contributed by atoms with van der Waals surface area (Å²) in [6.45, 7) is 0. The molecule has 268 valence electrons. The average molecular weight is 734 g/mol. The Hall–Kier alpha value is -5.41. The first-order valence-electron chi connectivity index (χ1n) is 15.7. The number of nitrogens with zero attached hydrogens (tertiary/aromatic N) is 3. The van der Waals surface area contributed by atoms with Crippen LogP contribution < -0.4 is 14.8 Å². The van der Waals surface area contributed by atoms with E-state index >= 15 is 0 Å². The molecule has 0 saturated carbocycles. The predicted molar refractivity (Wildman–Crippen MR) is 196 cm³/mol. The molecule has 4 rings (SSSR count). The Morgan fingerprint density at radius 3 is 2.16 bits per heavy atom. The van der Waals surface area contributed by atoms with Crippen molar-refractivity contribution in [3.63, 3.8) is 0 Å². The molecule has 0 unspecified atom stereocenters. The SMILES string of the molecule is COc1cc(CC(=O)N(C)C)ccc1-c1ccc(C(=O)NS(=O)(=O)c2ccc(N[C@@H](CSc3ccccc3)CC(=O)N(C)C)c([N+](=O)[O-])c2)cc1. The van der Waals surface area contributed by atoms with Gasteiger partial charge in [-0.15, -0.1) is 11.8 Å². The van der Waals surface area contributed by atoms with Gasteiger partial charge >= 0.3 is 0 Å². The molecular weight excluding hydrogens is 695 g/mol. The summed E-state index contributed by atoms with van der Waals surface area (Å²) < 4.78 is 34.0. The monoisotopic (exact) mass is 733 g/mol. The molecule has 0 aliphatic heterocycles. The minimum Gasteiger partial charge on any atom is -0.496 e. The summed E-state index contributed by atoms with van der Waals surface area (Å²) in [5.74, 6) is -0.275. The summed E-state index contributed by atoms with van der Waals surface area (Å²) in [7, 11) is 3.56. The molecule has 0 radical (unpaired) electrons. The molecule has 2 N–H and O–H groups in total. The summed E-state index contributed by atoms with van der Waals surface area (Å²) in [6.07, 6.45) is 0.237. The molecular formula is C36H39N5O8S2. The van der Waals surface area contributed by atoms with E-state index in [4.69, 9.17) is 4.74 Å². The highest BCUT2D eigenvalue weighted by Gasteiger charge is 2.26. The highest BCUT2D eigenvalue weighted by atomic mass is 32.2. The second-order valence-electron chi connectivity index (χ2n) is 11.9. The van der Waals surface area contributed by atoms with Gasteiger partial charge in [-0.1, -0.05) is 42.5 Å². The molecule has 0 bridgehead atoms. The average Bonchev–Trinajstić information content (AvgIpc) is 3.10. The number of amides is 3. The van der Waals surface area contributed by atoms with Gasteiger partial charge in [-0.2, -0.15) is 0 Å². The zero-order chi connectivity index (χ0) is 37.3. The maximum Gasteiger partial charge on any atom is 0.293 e. The van der Waals surface area contributed by atoms with Crippen LogP contribution in [0.1, 0.15) is 22.3 Å². The van der Waals surface area contributed by atoms with Gasteiger partial charge in [0, 0.05) is 68.5 Å². The van der Waals surface area contributed by atoms with Crippen molar-refractivity contribution in [3.8, 4) is 16.9 Å². The maximum absolute atomic E-state index is 13.3. The highest BCUT2D eigenvalue weighted by molar-refractivity contribution is 7.99. The summed E-state index contributed by atoms with van der Waals surface area (Å²) >= 11 is 1.47. The van der Waals surface area contributed by atoms with Crippen molar-refractivity contribution >= 4 is 50.9 Å². The van der Waals surface area contributed by atoms with Crippen LogP contribution in [0, 0.1) is 10.1 Å². The van der Waals surface area contributed by atoms with E-state index in [2.05, 4.69) is 5.32 Å². The van der Waals surface area contributed by atoms with E-state index in [1.807, 2.05) is 35.1 Å². The molecule has 1 atom stereocenters. The number of sulfonamides is 1. The van der Waals surface area contributed by atoms with Crippen molar-refractivity contribution in [3.05, 3.63) is 112 Å². The molecule has 0 fully saturated rings. The van der Waals surface area contributed by atoms with E-state index in [9.17, 15) is 32.9 Å². The molecule has 4 aromatic rings. The predicted octanol–water partition coefficient (Wildman–Crippen LogP) is 5.07. The topological polar surface area (TPSA) is 168 Å². The molecule has 4 aromatic carbocycles. The van der Waals surface area contributed by atoms with Gasteiger partial charge in [0.05, 0.1) is 23.3 Å². The summed E-state index contributed by atoms with van der Waals surface area (Å²) in [6, 6.07) is 23.7. The first-order valence-corrected chi connectivity index (χ1v) is 18.1. The second kappa shape index (κ2) is 17.0. The standard InChI is InChI=1S/C36H39N5O8S2/c1-39(2)34(42)20-24-11-17-30(33(19-24)49-5)25-12-14-26(15-13-25)36(44)38-51(47,48)29-16-18-31(32(22-29)41(45)46)37-27(21-35(43)40(3)4)23-50-28-9-7-6-8-10-28/h6-19,22,27,37H,20-21,23H2,1-5H3,(H,38,44)/t27-/m1/s1. The van der Waals surface area contributed by atoms with E-state index in [1.54, 1.807) is 58.5 Å². The quantitative estimate of drug-likeness (QED) is 0.0956. The lowest BCUT2D eigenvalue weighted by Crippen LogP contribution is -2.32. The number of ether oxygens (including phenoxy) is 1. The van der Waals surface area contributed by atoms with Gasteiger partial charge in [0.1, 0.15) is 11.4 Å². The minimum atomic E-state index is -4.53. The minimum absolute atomic E-state index is 0.0267. The van der Waals surface area contributed by atoms with Crippen molar-refractivity contribution in [2.24, 2.45) is 0 Å². The Kier molecular flexibility index (Phi) is 12.8. The molecule has 0 spiro atoms. The van der Waals surface area contributed by atoms with Crippen LogP contribution in [-0.4, -0.2) is 88.0 Å². The number of carbonyl (C=O) groups excluding carboxylic acids is 3. The number of methoxy groups -OCH3 is 1. The fourth-order valence-corrected chi connectivity index (χ4v) is 6.83. The van der Waals surface area contributed by atoms with Crippen molar-refractivity contribution in [1.82, 2.24) is 14.5 Å². The lowest BCUT2D eigenvalue weighted by Gasteiger charge is -2.21. The van der Waals surface area contributed by atoms with E-state index in [0.29, 0.717) is 22.6 Å². The number of rotatable bonds is 15. The van der Waals surface area contributed by atoms with Crippen LogP contribution in [0.4, 0.5) is 11.4 Å². The number of thioether (sulfide) groups is 1. The third kappa shape index (κ3) is 10.3. The van der Waals surface area contributed by atoms with Crippen molar-refractivity contribution < 1.29 is 32.5 Å². The van der Waals surface area contributed by atoms with Gasteiger partial charge in [0.25, 0.3) is 21.6 Å². The molecule has 0 aliphatic rings. The van der Waals surface area contributed by atoms with Crippen LogP contribution >= 0.6 is 11.8 Å². The Bertz CT molecular complexity index is 2000. The number of anilines is 1. The Morgan fingerprint density at radius 2 is 1.55 bits per heavy atom. The van der Waals surface area contributed by atoms with E-state index in [1.165, 1.54) is 46.9 Å². The van der Waals surface area contributed by atoms with Crippen LogP contribution in [0.15, 0.2) is 101 Å². The molecule has 0 aromatic heterocycles. The Morgan fingerprint density at radius 1 is 0.882 bits per heavy atom. The smallest absolute Gasteiger partial charge is 0.293 e. The second-order valence-corrected chi connectivity index (χ2v) is 14.7. The van der Waals surface area contributed by atoms with E-state index in [-0.39, 0.29) is 35.9 Å². The van der Waals surface area contributed by atoms with Crippen molar-refractivity contribution in [1.29, 1.82) is 0 Å². The summed E-state index contributed by atoms with van der Waals surface area (Å²) in [5.41, 5.74) is 1.67. The molecule has 15 heteroatoms. The number of carbonyl (C=O) groups is 3. The first kappa shape index (κ1) is 38.4. The number of nitrogens with one attached hydrogen (secondary N) is 2. The number of benzene rings is 4. The van der Waals surface area contributed by atoms with Gasteiger partial charge in [-0.3, -0.25) is 24.5 Å². The molecule has 3 amide bonds. The molecule has 0 heterocycles. The summed E-state index contributed by atoms with van der Waals surface area (Å²) in [5, 5.41) is 15.2. The largest absolute Gasteiger partial charge is 0.496 e. The molecule has 0 saturated heterocycles. The zero-order valence-corrected chi connectivity index (χ0v) is 30.4. The van der Waals surface area contributed by atoms with Crippen LogP contribution in [-0.2, 0) is 26.0 Å². The van der Waals surface area contributed by atoms with Crippen LogP contribution in [0.3, 0.4) is 0 Å². The molecule has 13 nitrogen and oxygen atoms in total. The third-order valence-corrected chi connectivity index (χ3v) is 10.3. The Balaban J connectivity index is 1.51. The fourth-order valence-electron chi connectivity index (χ4n) is 4.89. The number of nitro benzene ring substituents is 1. The normalized spacial score (nSPS) is 11.6. The van der Waals surface area contributed by atoms with E-state index < -0.39 is 37.5 Å². The maximum atomic E-state index is 13.3. The van der Waals surface area contributed by atoms with Crippen molar-refractivity contribution in [2.75, 3.05) is 46.4 Å². The number of likely N-dealkylation sites (N-methyl/N-ethyl adjacent to an activating group) is 1. The van der Waals surface area contributed by atoms with Crippen molar-refractivity contribution in [2.45, 2.75) is 28.7 Å². The van der Waals surface area contributed by atoms with Crippen LogP contribution in [0.5, 0.6) is 5.75 Å². The number of hydrogen-bond acceptors (Lipinski definition) is 10. The van der Waals surface area contributed by atoms with Crippen LogP contribution in [0.2, 0.25) is 0 Å². The summed E-state index contributed by atoms with van der Waals surface area (Å²) in [4.78, 5) is 52.5. The Labute approximate surface area is 301 Å². The molecule has 0 aliphatic carbocycles. The number of hydrogen-bond donors (Lipinski definition) is 2. The first-order chi connectivity index (χ1) is 24.2. The number of nitro groups is 1. The highest BCUT2D eigenvalue weighted by Crippen LogP contribution is 2.32. The van der Waals surface area contributed by atoms with Gasteiger partial charge in [0.15, 0.2) is 0 Å². The van der Waals surface area contributed by atoms with E-state index in [0.717, 1.165) is 22.6 Å². The van der Waals surface area contributed by atoms with Gasteiger partial charge in [-0.05, 0) is 53.6 Å². The third-order valence-electron chi connectivity index (χ3n) is 7.76. The molecule has 51 heavy (non-hydrogen) atoms. The van der Waals surface area contributed by atoms with Gasteiger partial charge in [-0.25, -0.2) is 13.1 Å². The van der Waals surface area contributed by atoms with Gasteiger partial charge in [0.2, 0.25) is 11.8 Å². The van der Waals surface area contributed by atoms with Crippen LogP contribution in [0.25, 0.3) is 11.1 Å². The lowest BCUT2D eigenvalue weighted by atomic mass is 10.00. The van der Waals surface area contributed by atoms with Gasteiger partial charge < -0.3 is 19.9 Å².